The number of nitrogens with one attached hydrogen (secondary N) is 1. The molecule has 114 valence electrons. The van der Waals surface area contributed by atoms with Crippen LogP contribution in [0.2, 0.25) is 0 Å². The molecule has 2 fully saturated rings. The van der Waals surface area contributed by atoms with E-state index in [1.54, 1.807) is 12.1 Å². The summed E-state index contributed by atoms with van der Waals surface area (Å²) in [5.74, 6) is 1.23. The summed E-state index contributed by atoms with van der Waals surface area (Å²) in [6.45, 7) is 5.38. The number of rotatable bonds is 6. The van der Waals surface area contributed by atoms with E-state index < -0.39 is 0 Å². The van der Waals surface area contributed by atoms with Gasteiger partial charge in [0, 0.05) is 19.0 Å². The van der Waals surface area contributed by atoms with Gasteiger partial charge in [0.1, 0.15) is 5.82 Å². The molecule has 4 heteroatoms. The molecule has 1 aliphatic heterocycles. The fraction of sp³-hybridized carbons (Fsp3) is 0.588. The second-order valence-corrected chi connectivity index (χ2v) is 6.50. The lowest BCUT2D eigenvalue weighted by Crippen LogP contribution is -2.50. The molecule has 2 aliphatic rings. The molecule has 1 N–H and O–H groups in total. The van der Waals surface area contributed by atoms with Crippen molar-refractivity contribution in [1.29, 1.82) is 0 Å². The smallest absolute Gasteiger partial charge is 0.226 e. The van der Waals surface area contributed by atoms with E-state index in [9.17, 15) is 9.18 Å². The number of carbonyl (C=O) groups is 1. The zero-order valence-electron chi connectivity index (χ0n) is 12.5. The fourth-order valence-corrected chi connectivity index (χ4v) is 2.81. The maximum Gasteiger partial charge on any atom is 0.226 e. The van der Waals surface area contributed by atoms with Gasteiger partial charge in [-0.15, -0.1) is 0 Å². The van der Waals surface area contributed by atoms with Crippen molar-refractivity contribution in [2.75, 3.05) is 19.6 Å². The Kier molecular flexibility index (Phi) is 4.24. The molecule has 1 aliphatic carbocycles. The first-order valence-electron chi connectivity index (χ1n) is 7.87. The lowest BCUT2D eigenvalue weighted by atomic mass is 9.87. The summed E-state index contributed by atoms with van der Waals surface area (Å²) < 4.78 is 13.0. The minimum absolute atomic E-state index is 0.0745. The summed E-state index contributed by atoms with van der Waals surface area (Å²) in [5.41, 5.74) is 1.00. The Bertz CT molecular complexity index is 494. The average molecular weight is 290 g/mol. The van der Waals surface area contributed by atoms with Gasteiger partial charge in [-0.25, -0.2) is 4.39 Å². The summed E-state index contributed by atoms with van der Waals surface area (Å²) >= 11 is 0. The molecule has 1 amide bonds. The largest absolute Gasteiger partial charge is 0.338 e. The molecule has 21 heavy (non-hydrogen) atoms. The third-order valence-electron chi connectivity index (χ3n) is 4.68. The Hall–Kier alpha value is -1.42. The minimum Gasteiger partial charge on any atom is -0.338 e. The van der Waals surface area contributed by atoms with Crippen molar-refractivity contribution in [3.05, 3.63) is 35.6 Å². The molecule has 0 bridgehead atoms. The number of carbonyl (C=O) groups excluding carboxylic acids is 1. The highest BCUT2D eigenvalue weighted by Gasteiger charge is 2.34. The molecule has 0 aromatic heterocycles. The summed E-state index contributed by atoms with van der Waals surface area (Å²) in [6, 6.07) is 6.49. The molecule has 1 aromatic rings. The van der Waals surface area contributed by atoms with Crippen molar-refractivity contribution in [3.63, 3.8) is 0 Å². The van der Waals surface area contributed by atoms with Crippen LogP contribution >= 0.6 is 0 Å². The van der Waals surface area contributed by atoms with Crippen LogP contribution in [0.25, 0.3) is 0 Å². The number of amides is 1. The first-order valence-corrected chi connectivity index (χ1v) is 7.87. The van der Waals surface area contributed by atoms with Crippen LogP contribution in [0.1, 0.15) is 25.3 Å². The number of nitrogens with zero attached hydrogens (tertiary/aromatic N) is 1. The van der Waals surface area contributed by atoms with Crippen molar-refractivity contribution in [1.82, 2.24) is 10.2 Å². The van der Waals surface area contributed by atoms with Crippen molar-refractivity contribution >= 4 is 5.91 Å². The molecular weight excluding hydrogens is 267 g/mol. The monoisotopic (exact) mass is 290 g/mol. The molecule has 0 spiro atoms. The van der Waals surface area contributed by atoms with Crippen LogP contribution in [0.4, 0.5) is 4.39 Å². The molecule has 1 atom stereocenters. The quantitative estimate of drug-likeness (QED) is 0.872. The first-order chi connectivity index (χ1) is 10.1. The molecule has 3 rings (SSSR count). The summed E-state index contributed by atoms with van der Waals surface area (Å²) in [7, 11) is 0. The van der Waals surface area contributed by atoms with Gasteiger partial charge in [0.2, 0.25) is 5.91 Å². The normalized spacial score (nSPS) is 19.9. The molecule has 3 nitrogen and oxygen atoms in total. The van der Waals surface area contributed by atoms with E-state index >= 15 is 0 Å². The number of halogens is 1. The molecule has 1 saturated carbocycles. The van der Waals surface area contributed by atoms with E-state index in [1.807, 2.05) is 11.8 Å². The number of hydrogen-bond acceptors (Lipinski definition) is 2. The first kappa shape index (κ1) is 14.5. The van der Waals surface area contributed by atoms with Gasteiger partial charge in [-0.3, -0.25) is 4.79 Å². The van der Waals surface area contributed by atoms with Crippen LogP contribution in [-0.2, 0) is 11.3 Å². The zero-order valence-corrected chi connectivity index (χ0v) is 12.5. The van der Waals surface area contributed by atoms with Crippen molar-refractivity contribution in [2.24, 2.45) is 17.8 Å². The van der Waals surface area contributed by atoms with Crippen molar-refractivity contribution in [2.45, 2.75) is 26.3 Å². The Morgan fingerprint density at radius 2 is 2.00 bits per heavy atom. The van der Waals surface area contributed by atoms with Crippen LogP contribution in [0.5, 0.6) is 0 Å². The molecule has 1 aromatic carbocycles. The Morgan fingerprint density at radius 1 is 1.33 bits per heavy atom. The van der Waals surface area contributed by atoms with E-state index in [4.69, 9.17) is 0 Å². The lowest BCUT2D eigenvalue weighted by Gasteiger charge is -2.35. The maximum absolute atomic E-state index is 13.0. The lowest BCUT2D eigenvalue weighted by molar-refractivity contribution is -0.138. The van der Waals surface area contributed by atoms with Gasteiger partial charge in [0.15, 0.2) is 0 Å². The van der Waals surface area contributed by atoms with E-state index in [1.165, 1.54) is 25.0 Å². The highest BCUT2D eigenvalue weighted by molar-refractivity contribution is 5.79. The highest BCUT2D eigenvalue weighted by atomic mass is 19.1. The average Bonchev–Trinajstić information content (AvgIpc) is 3.21. The fourth-order valence-electron chi connectivity index (χ4n) is 2.81. The van der Waals surface area contributed by atoms with E-state index in [0.717, 1.165) is 25.2 Å². The van der Waals surface area contributed by atoms with Crippen LogP contribution in [0.15, 0.2) is 24.3 Å². The van der Waals surface area contributed by atoms with Gasteiger partial charge in [0.05, 0.1) is 0 Å². The van der Waals surface area contributed by atoms with Gasteiger partial charge < -0.3 is 10.2 Å². The number of benzene rings is 1. The maximum atomic E-state index is 13.0. The summed E-state index contributed by atoms with van der Waals surface area (Å²) in [5, 5.41) is 3.23. The Balaban J connectivity index is 1.67. The topological polar surface area (TPSA) is 32.3 Å². The minimum atomic E-state index is -0.229. The third-order valence-corrected chi connectivity index (χ3v) is 4.68. The Morgan fingerprint density at radius 3 is 2.52 bits per heavy atom. The predicted octanol–water partition coefficient (Wildman–Crippen LogP) is 2.42. The van der Waals surface area contributed by atoms with Gasteiger partial charge >= 0.3 is 0 Å². The van der Waals surface area contributed by atoms with Crippen LogP contribution < -0.4 is 5.32 Å². The SMILES string of the molecule is CC(C(=O)N(Cc1ccc(F)cc1)CC1CC1)C1CNC1. The van der Waals surface area contributed by atoms with Gasteiger partial charge in [-0.05, 0) is 55.5 Å². The molecule has 1 saturated heterocycles. The predicted molar refractivity (Wildman–Crippen MR) is 80.1 cm³/mol. The molecule has 1 heterocycles. The summed E-state index contributed by atoms with van der Waals surface area (Å²) in [6.07, 6.45) is 2.46. The van der Waals surface area contributed by atoms with Crippen LogP contribution in [0.3, 0.4) is 0 Å². The van der Waals surface area contributed by atoms with Crippen molar-refractivity contribution in [3.8, 4) is 0 Å². The zero-order chi connectivity index (χ0) is 14.8. The van der Waals surface area contributed by atoms with Crippen LogP contribution in [0, 0.1) is 23.6 Å². The Labute approximate surface area is 125 Å². The molecule has 1 unspecified atom stereocenters. The standard InChI is InChI=1S/C17H23FN2O/c1-12(15-8-19-9-15)17(21)20(10-13-2-3-13)11-14-4-6-16(18)7-5-14/h4-7,12-13,15,19H,2-3,8-11H2,1H3. The second kappa shape index (κ2) is 6.14. The molecular formula is C17H23FN2O. The van der Waals surface area contributed by atoms with Gasteiger partial charge in [-0.1, -0.05) is 19.1 Å². The van der Waals surface area contributed by atoms with Crippen LogP contribution in [-0.4, -0.2) is 30.4 Å². The summed E-state index contributed by atoms with van der Waals surface area (Å²) in [4.78, 5) is 14.7. The van der Waals surface area contributed by atoms with E-state index in [-0.39, 0.29) is 17.6 Å². The molecule has 0 radical (unpaired) electrons. The number of hydrogen-bond donors (Lipinski definition) is 1. The van der Waals surface area contributed by atoms with Crippen molar-refractivity contribution < 1.29 is 9.18 Å². The van der Waals surface area contributed by atoms with Gasteiger partial charge in [-0.2, -0.15) is 0 Å². The van der Waals surface area contributed by atoms with E-state index in [0.29, 0.717) is 18.4 Å². The van der Waals surface area contributed by atoms with Gasteiger partial charge in [0.25, 0.3) is 0 Å². The third kappa shape index (κ3) is 3.62. The van der Waals surface area contributed by atoms with E-state index in [2.05, 4.69) is 5.32 Å². The second-order valence-electron chi connectivity index (χ2n) is 6.50. The highest BCUT2D eigenvalue weighted by Crippen LogP contribution is 2.31.